The number of nitrogens with one attached hydrogen (secondary N) is 1. The van der Waals surface area contributed by atoms with E-state index in [2.05, 4.69) is 5.32 Å². The Bertz CT molecular complexity index is 633. The molecule has 2 rings (SSSR count). The van der Waals surface area contributed by atoms with Gasteiger partial charge in [0.1, 0.15) is 6.04 Å². The largest absolute Gasteiger partial charge is 0.454 e. The van der Waals surface area contributed by atoms with Crippen LogP contribution in [0, 0.1) is 0 Å². The van der Waals surface area contributed by atoms with Gasteiger partial charge in [0, 0.05) is 23.7 Å². The number of halogens is 1. The summed E-state index contributed by atoms with van der Waals surface area (Å²) in [5, 5.41) is 3.21. The van der Waals surface area contributed by atoms with Crippen molar-refractivity contribution in [2.45, 2.75) is 25.3 Å². The highest BCUT2D eigenvalue weighted by atomic mass is 35.5. The van der Waals surface area contributed by atoms with Crippen molar-refractivity contribution in [3.63, 3.8) is 0 Å². The van der Waals surface area contributed by atoms with Crippen LogP contribution in [0.1, 0.15) is 29.6 Å². The lowest BCUT2D eigenvalue weighted by Crippen LogP contribution is -2.43. The van der Waals surface area contributed by atoms with Gasteiger partial charge >= 0.3 is 5.97 Å². The standard InChI is InChI=1S/C18H23ClN2O4S/c1-26-11-8-15(20-17(23)13-4-6-14(19)7-5-13)18(24)25-12-16(22)21-9-2-3-10-21/h4-7,15H,2-3,8-12H2,1H3,(H,20,23)/t15-/m1/s1. The molecule has 0 bridgehead atoms. The molecule has 0 aliphatic carbocycles. The fourth-order valence-corrected chi connectivity index (χ4v) is 3.22. The number of carbonyl (C=O) groups excluding carboxylic acids is 3. The number of benzene rings is 1. The molecule has 0 unspecified atom stereocenters. The quantitative estimate of drug-likeness (QED) is 0.680. The van der Waals surface area contributed by atoms with Gasteiger partial charge < -0.3 is 15.0 Å². The van der Waals surface area contributed by atoms with E-state index in [1.165, 1.54) is 0 Å². The molecule has 0 spiro atoms. The molecule has 0 saturated carbocycles. The smallest absolute Gasteiger partial charge is 0.329 e. The molecule has 1 fully saturated rings. The predicted molar refractivity (Wildman–Crippen MR) is 102 cm³/mol. The lowest BCUT2D eigenvalue weighted by Gasteiger charge is -2.19. The van der Waals surface area contributed by atoms with Crippen LogP contribution in [-0.2, 0) is 14.3 Å². The minimum atomic E-state index is -0.794. The fraction of sp³-hybridized carbons (Fsp3) is 0.500. The van der Waals surface area contributed by atoms with Gasteiger partial charge in [0.15, 0.2) is 6.61 Å². The van der Waals surface area contributed by atoms with E-state index in [0.717, 1.165) is 12.8 Å². The van der Waals surface area contributed by atoms with Crippen molar-refractivity contribution in [2.75, 3.05) is 31.7 Å². The molecular weight excluding hydrogens is 376 g/mol. The fourth-order valence-electron chi connectivity index (χ4n) is 2.62. The molecule has 26 heavy (non-hydrogen) atoms. The van der Waals surface area contributed by atoms with E-state index in [1.807, 2.05) is 6.26 Å². The highest BCUT2D eigenvalue weighted by Gasteiger charge is 2.25. The van der Waals surface area contributed by atoms with E-state index in [-0.39, 0.29) is 18.4 Å². The second-order valence-corrected chi connectivity index (χ2v) is 7.43. The maximum atomic E-state index is 12.4. The maximum Gasteiger partial charge on any atom is 0.329 e. The number of esters is 1. The summed E-state index contributed by atoms with van der Waals surface area (Å²) in [5.74, 6) is -0.478. The molecule has 1 heterocycles. The van der Waals surface area contributed by atoms with E-state index >= 15 is 0 Å². The summed E-state index contributed by atoms with van der Waals surface area (Å²) >= 11 is 7.39. The number of amides is 2. The molecule has 6 nitrogen and oxygen atoms in total. The zero-order valence-corrected chi connectivity index (χ0v) is 16.3. The van der Waals surface area contributed by atoms with Gasteiger partial charge in [0.05, 0.1) is 0 Å². The zero-order chi connectivity index (χ0) is 18.9. The molecule has 1 aromatic carbocycles. The van der Waals surface area contributed by atoms with E-state index in [4.69, 9.17) is 16.3 Å². The Balaban J connectivity index is 1.91. The van der Waals surface area contributed by atoms with Crippen molar-refractivity contribution in [1.29, 1.82) is 0 Å². The number of likely N-dealkylation sites (tertiary alicyclic amines) is 1. The summed E-state index contributed by atoms with van der Waals surface area (Å²) in [6.07, 6.45) is 4.30. The summed E-state index contributed by atoms with van der Waals surface area (Å²) in [6, 6.07) is 5.61. The van der Waals surface area contributed by atoms with Crippen molar-refractivity contribution in [1.82, 2.24) is 10.2 Å². The molecular formula is C18H23ClN2O4S. The van der Waals surface area contributed by atoms with Crippen LogP contribution < -0.4 is 5.32 Å². The van der Waals surface area contributed by atoms with Gasteiger partial charge in [0.2, 0.25) is 0 Å². The van der Waals surface area contributed by atoms with Crippen LogP contribution in [-0.4, -0.2) is 60.4 Å². The Hall–Kier alpha value is -1.73. The van der Waals surface area contributed by atoms with Crippen molar-refractivity contribution < 1.29 is 19.1 Å². The third-order valence-electron chi connectivity index (χ3n) is 4.10. The summed E-state index contributed by atoms with van der Waals surface area (Å²) < 4.78 is 5.16. The molecule has 1 atom stereocenters. The molecule has 1 N–H and O–H groups in total. The summed E-state index contributed by atoms with van der Waals surface area (Å²) in [6.45, 7) is 1.13. The van der Waals surface area contributed by atoms with Crippen molar-refractivity contribution in [3.8, 4) is 0 Å². The van der Waals surface area contributed by atoms with E-state index < -0.39 is 12.0 Å². The first-order valence-corrected chi connectivity index (χ1v) is 10.3. The van der Waals surface area contributed by atoms with Gasteiger partial charge in [-0.2, -0.15) is 11.8 Å². The first-order valence-electron chi connectivity index (χ1n) is 8.51. The average molecular weight is 399 g/mol. The maximum absolute atomic E-state index is 12.4. The number of thioether (sulfide) groups is 1. The third-order valence-corrected chi connectivity index (χ3v) is 5.00. The van der Waals surface area contributed by atoms with Gasteiger partial charge in [0.25, 0.3) is 11.8 Å². The molecule has 1 aliphatic rings. The van der Waals surface area contributed by atoms with E-state index in [1.54, 1.807) is 40.9 Å². The first-order chi connectivity index (χ1) is 12.5. The van der Waals surface area contributed by atoms with E-state index in [0.29, 0.717) is 35.8 Å². The number of hydrogen-bond acceptors (Lipinski definition) is 5. The molecule has 142 valence electrons. The normalized spacial score (nSPS) is 14.8. The van der Waals surface area contributed by atoms with Crippen LogP contribution in [0.3, 0.4) is 0 Å². The number of carbonyl (C=O) groups is 3. The van der Waals surface area contributed by atoms with Crippen molar-refractivity contribution >= 4 is 41.1 Å². The van der Waals surface area contributed by atoms with Gasteiger partial charge in [-0.1, -0.05) is 11.6 Å². The third kappa shape index (κ3) is 6.21. The lowest BCUT2D eigenvalue weighted by atomic mass is 10.1. The number of nitrogens with zero attached hydrogens (tertiary/aromatic N) is 1. The Kier molecular flexibility index (Phi) is 8.25. The average Bonchev–Trinajstić information content (AvgIpc) is 3.18. The lowest BCUT2D eigenvalue weighted by molar-refractivity contribution is -0.153. The minimum absolute atomic E-state index is 0.191. The van der Waals surface area contributed by atoms with Gasteiger partial charge in [-0.3, -0.25) is 9.59 Å². The monoisotopic (exact) mass is 398 g/mol. The SMILES string of the molecule is CSCC[C@@H](NC(=O)c1ccc(Cl)cc1)C(=O)OCC(=O)N1CCCC1. The Morgan fingerprint density at radius 2 is 1.88 bits per heavy atom. The highest BCUT2D eigenvalue weighted by molar-refractivity contribution is 7.98. The second kappa shape index (κ2) is 10.4. The number of rotatable bonds is 8. The van der Waals surface area contributed by atoms with Crippen LogP contribution in [0.4, 0.5) is 0 Å². The van der Waals surface area contributed by atoms with Gasteiger partial charge in [-0.15, -0.1) is 0 Å². The summed E-state index contributed by atoms with van der Waals surface area (Å²) in [7, 11) is 0. The van der Waals surface area contributed by atoms with Gasteiger partial charge in [-0.25, -0.2) is 4.79 Å². The van der Waals surface area contributed by atoms with Crippen LogP contribution in [0.5, 0.6) is 0 Å². The molecule has 2 amide bonds. The molecule has 1 aliphatic heterocycles. The Morgan fingerprint density at radius 3 is 2.50 bits per heavy atom. The van der Waals surface area contributed by atoms with E-state index in [9.17, 15) is 14.4 Å². The minimum Gasteiger partial charge on any atom is -0.454 e. The second-order valence-electron chi connectivity index (χ2n) is 6.01. The van der Waals surface area contributed by atoms with Gasteiger partial charge in [-0.05, 0) is 55.5 Å². The van der Waals surface area contributed by atoms with Crippen LogP contribution in [0.15, 0.2) is 24.3 Å². The predicted octanol–water partition coefficient (Wildman–Crippen LogP) is 2.36. The molecule has 0 radical (unpaired) electrons. The topological polar surface area (TPSA) is 75.7 Å². The van der Waals surface area contributed by atoms with Crippen LogP contribution >= 0.6 is 23.4 Å². The molecule has 1 aromatic rings. The van der Waals surface area contributed by atoms with Crippen LogP contribution in [0.25, 0.3) is 0 Å². The molecule has 1 saturated heterocycles. The Morgan fingerprint density at radius 1 is 1.23 bits per heavy atom. The number of ether oxygens (including phenoxy) is 1. The van der Waals surface area contributed by atoms with Crippen molar-refractivity contribution in [2.24, 2.45) is 0 Å². The highest BCUT2D eigenvalue weighted by Crippen LogP contribution is 2.11. The number of hydrogen-bond donors (Lipinski definition) is 1. The first kappa shape index (κ1) is 20.6. The van der Waals surface area contributed by atoms with Crippen molar-refractivity contribution in [3.05, 3.63) is 34.9 Å². The summed E-state index contributed by atoms with van der Waals surface area (Å²) in [4.78, 5) is 38.4. The summed E-state index contributed by atoms with van der Waals surface area (Å²) in [5.41, 5.74) is 0.407. The molecule has 8 heteroatoms. The van der Waals surface area contributed by atoms with Crippen LogP contribution in [0.2, 0.25) is 5.02 Å². The Labute approximate surface area is 162 Å². The zero-order valence-electron chi connectivity index (χ0n) is 14.7. The molecule has 0 aromatic heterocycles.